The van der Waals surface area contributed by atoms with Gasteiger partial charge in [0.2, 0.25) is 5.91 Å². The molecule has 1 N–H and O–H groups in total. The zero-order chi connectivity index (χ0) is 19.5. The monoisotopic (exact) mass is 389 g/mol. The second kappa shape index (κ2) is 8.09. The minimum atomic E-state index is 0.0614. The number of likely N-dealkylation sites (N-methyl/N-ethyl adjacent to an activating group) is 1. The molecule has 5 heteroatoms. The van der Waals surface area contributed by atoms with Crippen LogP contribution in [0.4, 0.5) is 0 Å². The molecule has 0 aliphatic carbocycles. The van der Waals surface area contributed by atoms with E-state index in [0.717, 1.165) is 15.2 Å². The Balaban J connectivity index is 1.39. The molecule has 0 saturated heterocycles. The summed E-state index contributed by atoms with van der Waals surface area (Å²) < 4.78 is 1.15. The molecule has 0 radical (unpaired) electrons. The highest BCUT2D eigenvalue weighted by atomic mass is 32.1. The van der Waals surface area contributed by atoms with E-state index < -0.39 is 0 Å². The third-order valence-corrected chi connectivity index (χ3v) is 6.01. The SMILES string of the molecule is C[C@@H](NCC(=O)N(C)Cc1nc2ccccc2s1)c1cccc2ccccc12. The number of aromatic nitrogens is 1. The van der Waals surface area contributed by atoms with Crippen molar-refractivity contribution >= 4 is 38.2 Å². The number of hydrogen-bond acceptors (Lipinski definition) is 4. The molecule has 28 heavy (non-hydrogen) atoms. The van der Waals surface area contributed by atoms with E-state index in [1.165, 1.54) is 16.3 Å². The molecular weight excluding hydrogens is 366 g/mol. The van der Waals surface area contributed by atoms with Crippen LogP contribution in [0.15, 0.2) is 66.7 Å². The van der Waals surface area contributed by atoms with E-state index in [9.17, 15) is 4.79 Å². The van der Waals surface area contributed by atoms with Crippen LogP contribution in [-0.2, 0) is 11.3 Å². The Labute approximate surface area is 168 Å². The quantitative estimate of drug-likeness (QED) is 0.517. The maximum atomic E-state index is 12.6. The number of nitrogens with one attached hydrogen (secondary N) is 1. The number of amides is 1. The predicted octanol–water partition coefficient (Wildman–Crippen LogP) is 4.76. The van der Waals surface area contributed by atoms with E-state index in [2.05, 4.69) is 59.7 Å². The molecule has 0 unspecified atom stereocenters. The lowest BCUT2D eigenvalue weighted by Gasteiger charge is -2.20. The van der Waals surface area contributed by atoms with Crippen molar-refractivity contribution in [3.8, 4) is 0 Å². The Kier molecular flexibility index (Phi) is 5.37. The lowest BCUT2D eigenvalue weighted by Crippen LogP contribution is -2.36. The van der Waals surface area contributed by atoms with E-state index in [4.69, 9.17) is 0 Å². The fourth-order valence-electron chi connectivity index (χ4n) is 3.39. The highest BCUT2D eigenvalue weighted by molar-refractivity contribution is 7.18. The van der Waals surface area contributed by atoms with Crippen molar-refractivity contribution in [2.45, 2.75) is 19.5 Å². The smallest absolute Gasteiger partial charge is 0.236 e. The molecule has 4 aromatic rings. The van der Waals surface area contributed by atoms with Crippen LogP contribution in [0.5, 0.6) is 0 Å². The first kappa shape index (κ1) is 18.6. The fraction of sp³-hybridized carbons (Fsp3) is 0.217. The average molecular weight is 390 g/mol. The standard InChI is InChI=1S/C23H23N3OS/c1-16(18-11-7-9-17-8-3-4-10-19(17)18)24-14-23(27)26(2)15-22-25-20-12-5-6-13-21(20)28-22/h3-13,16,24H,14-15H2,1-2H3/t16-/m1/s1. The van der Waals surface area contributed by atoms with Gasteiger partial charge in [0, 0.05) is 13.1 Å². The topological polar surface area (TPSA) is 45.2 Å². The van der Waals surface area contributed by atoms with E-state index in [-0.39, 0.29) is 11.9 Å². The van der Waals surface area contributed by atoms with Crippen molar-refractivity contribution in [3.05, 3.63) is 77.3 Å². The number of rotatable bonds is 6. The molecule has 3 aromatic carbocycles. The van der Waals surface area contributed by atoms with Crippen molar-refractivity contribution in [2.24, 2.45) is 0 Å². The lowest BCUT2D eigenvalue weighted by molar-refractivity contribution is -0.129. The molecule has 1 amide bonds. The normalized spacial score (nSPS) is 12.4. The van der Waals surface area contributed by atoms with Crippen LogP contribution in [-0.4, -0.2) is 29.4 Å². The van der Waals surface area contributed by atoms with Crippen molar-refractivity contribution in [1.29, 1.82) is 0 Å². The number of carbonyl (C=O) groups is 1. The first-order valence-corrected chi connectivity index (χ1v) is 10.2. The zero-order valence-corrected chi connectivity index (χ0v) is 16.9. The summed E-state index contributed by atoms with van der Waals surface area (Å²) in [4.78, 5) is 19.0. The zero-order valence-electron chi connectivity index (χ0n) is 16.1. The van der Waals surface area contributed by atoms with Crippen LogP contribution in [0.3, 0.4) is 0 Å². The first-order valence-electron chi connectivity index (χ1n) is 9.41. The largest absolute Gasteiger partial charge is 0.338 e. The summed E-state index contributed by atoms with van der Waals surface area (Å²) in [6, 6.07) is 22.8. The number of nitrogens with zero attached hydrogens (tertiary/aromatic N) is 2. The number of thiazole rings is 1. The van der Waals surface area contributed by atoms with Gasteiger partial charge in [0.05, 0.1) is 23.3 Å². The predicted molar refractivity (Wildman–Crippen MR) is 116 cm³/mol. The molecule has 0 saturated carbocycles. The van der Waals surface area contributed by atoms with Crippen molar-refractivity contribution in [3.63, 3.8) is 0 Å². The Hall–Kier alpha value is -2.76. The minimum Gasteiger partial charge on any atom is -0.338 e. The molecule has 1 aromatic heterocycles. The van der Waals surface area contributed by atoms with Crippen LogP contribution in [0.25, 0.3) is 21.0 Å². The average Bonchev–Trinajstić information content (AvgIpc) is 3.13. The van der Waals surface area contributed by atoms with Gasteiger partial charge in [-0.3, -0.25) is 4.79 Å². The van der Waals surface area contributed by atoms with E-state index in [1.54, 1.807) is 16.2 Å². The Morgan fingerprint density at radius 3 is 2.68 bits per heavy atom. The Morgan fingerprint density at radius 1 is 1.07 bits per heavy atom. The molecule has 0 aliphatic rings. The van der Waals surface area contributed by atoms with Gasteiger partial charge in [-0.15, -0.1) is 11.3 Å². The van der Waals surface area contributed by atoms with Gasteiger partial charge in [0.1, 0.15) is 5.01 Å². The van der Waals surface area contributed by atoms with Gasteiger partial charge in [0.25, 0.3) is 0 Å². The van der Waals surface area contributed by atoms with Gasteiger partial charge in [-0.1, -0.05) is 54.6 Å². The number of para-hydroxylation sites is 1. The summed E-state index contributed by atoms with van der Waals surface area (Å²) in [5.41, 5.74) is 2.20. The fourth-order valence-corrected chi connectivity index (χ4v) is 4.41. The third kappa shape index (κ3) is 3.91. The minimum absolute atomic E-state index is 0.0614. The third-order valence-electron chi connectivity index (χ3n) is 4.99. The van der Waals surface area contributed by atoms with Crippen LogP contribution in [0, 0.1) is 0 Å². The molecular formula is C23H23N3OS. The molecule has 4 nitrogen and oxygen atoms in total. The van der Waals surface area contributed by atoms with Crippen LogP contribution in [0.1, 0.15) is 23.5 Å². The highest BCUT2D eigenvalue weighted by Gasteiger charge is 2.15. The second-order valence-corrected chi connectivity index (χ2v) is 8.11. The van der Waals surface area contributed by atoms with Gasteiger partial charge in [-0.2, -0.15) is 0 Å². The van der Waals surface area contributed by atoms with Gasteiger partial charge in [-0.05, 0) is 35.4 Å². The van der Waals surface area contributed by atoms with Gasteiger partial charge < -0.3 is 10.2 Å². The number of hydrogen-bond donors (Lipinski definition) is 1. The van der Waals surface area contributed by atoms with E-state index in [1.807, 2.05) is 31.3 Å². The Morgan fingerprint density at radius 2 is 1.82 bits per heavy atom. The van der Waals surface area contributed by atoms with Crippen molar-refractivity contribution < 1.29 is 4.79 Å². The number of carbonyl (C=O) groups excluding carboxylic acids is 1. The highest BCUT2D eigenvalue weighted by Crippen LogP contribution is 2.24. The summed E-state index contributed by atoms with van der Waals surface area (Å²) in [7, 11) is 1.83. The van der Waals surface area contributed by atoms with Crippen molar-refractivity contribution in [1.82, 2.24) is 15.2 Å². The molecule has 0 aliphatic heterocycles. The van der Waals surface area contributed by atoms with Crippen LogP contribution < -0.4 is 5.32 Å². The summed E-state index contributed by atoms with van der Waals surface area (Å²) >= 11 is 1.64. The second-order valence-electron chi connectivity index (χ2n) is 7.00. The summed E-state index contributed by atoms with van der Waals surface area (Å²) in [5.74, 6) is 0.0614. The molecule has 0 fully saturated rings. The molecule has 1 atom stereocenters. The van der Waals surface area contributed by atoms with E-state index >= 15 is 0 Å². The summed E-state index contributed by atoms with van der Waals surface area (Å²) in [6.45, 7) is 2.93. The first-order chi connectivity index (χ1) is 13.6. The number of benzene rings is 3. The maximum Gasteiger partial charge on any atom is 0.236 e. The maximum absolute atomic E-state index is 12.6. The summed E-state index contributed by atoms with van der Waals surface area (Å²) in [5, 5.41) is 6.77. The lowest BCUT2D eigenvalue weighted by atomic mass is 10.00. The molecule has 1 heterocycles. The molecule has 4 rings (SSSR count). The molecule has 0 bridgehead atoms. The van der Waals surface area contributed by atoms with Gasteiger partial charge >= 0.3 is 0 Å². The van der Waals surface area contributed by atoms with Crippen LogP contribution in [0.2, 0.25) is 0 Å². The Bertz CT molecular complexity index is 1080. The van der Waals surface area contributed by atoms with Gasteiger partial charge in [0.15, 0.2) is 0 Å². The molecule has 142 valence electrons. The van der Waals surface area contributed by atoms with Crippen molar-refractivity contribution in [2.75, 3.05) is 13.6 Å². The van der Waals surface area contributed by atoms with E-state index in [0.29, 0.717) is 13.1 Å². The molecule has 0 spiro atoms. The van der Waals surface area contributed by atoms with Gasteiger partial charge in [-0.25, -0.2) is 4.98 Å². The summed E-state index contributed by atoms with van der Waals surface area (Å²) in [6.07, 6.45) is 0. The number of fused-ring (bicyclic) bond motifs is 2. The van der Waals surface area contributed by atoms with Crippen LogP contribution >= 0.6 is 11.3 Å².